The minimum absolute atomic E-state index is 0.0274. The molecule has 1 aliphatic carbocycles. The van der Waals surface area contributed by atoms with Crippen molar-refractivity contribution in [1.29, 1.82) is 0 Å². The van der Waals surface area contributed by atoms with Gasteiger partial charge in [-0.05, 0) is 273 Å². The van der Waals surface area contributed by atoms with Crippen molar-refractivity contribution in [2.24, 2.45) is 0 Å². The van der Waals surface area contributed by atoms with Gasteiger partial charge in [0.1, 0.15) is 74.6 Å². The van der Waals surface area contributed by atoms with E-state index in [1.807, 2.05) is 237 Å². The lowest BCUT2D eigenvalue weighted by Gasteiger charge is -2.38. The fourth-order valence-electron chi connectivity index (χ4n) is 16.8. The van der Waals surface area contributed by atoms with Crippen molar-refractivity contribution in [2.45, 2.75) is 106 Å². The Bertz CT molecular complexity index is 5700. The third-order valence-corrected chi connectivity index (χ3v) is 24.5. The summed E-state index contributed by atoms with van der Waals surface area (Å²) < 4.78 is 0. The second-order valence-electron chi connectivity index (χ2n) is 32.3. The second-order valence-corrected chi connectivity index (χ2v) is 32.3. The summed E-state index contributed by atoms with van der Waals surface area (Å²) in [4.78, 5) is 0. The van der Waals surface area contributed by atoms with Gasteiger partial charge < -0.3 is 71.5 Å². The smallest absolute Gasteiger partial charge is 0.140 e. The van der Waals surface area contributed by atoms with Crippen molar-refractivity contribution in [3.05, 3.63) is 501 Å². The molecule has 0 bridgehead atoms. The average molecular weight is 1690 g/mol. The van der Waals surface area contributed by atoms with Crippen LogP contribution in [0.4, 0.5) is 0 Å². The van der Waals surface area contributed by atoms with Crippen molar-refractivity contribution >= 4 is 0 Å². The van der Waals surface area contributed by atoms with Crippen LogP contribution in [0.3, 0.4) is 0 Å². The monoisotopic (exact) mass is 1690 g/mol. The van der Waals surface area contributed by atoms with E-state index in [-0.39, 0.29) is 86.3 Å². The minimum Gasteiger partial charge on any atom is -0.508 e. The maximum absolute atomic E-state index is 11.4. The number of hydrogen-bond donors (Lipinski definition) is 14. The van der Waals surface area contributed by atoms with Crippen LogP contribution in [-0.4, -0.2) is 71.5 Å². The van der Waals surface area contributed by atoms with E-state index >= 15 is 0 Å². The third-order valence-electron chi connectivity index (χ3n) is 24.5. The highest BCUT2D eigenvalue weighted by Crippen LogP contribution is 2.48. The molecule has 16 aromatic rings. The lowest BCUT2D eigenvalue weighted by atomic mass is 9.65. The Morgan fingerprint density at radius 2 is 0.457 bits per heavy atom. The molecule has 0 atom stereocenters. The van der Waals surface area contributed by atoms with Gasteiger partial charge in [-0.25, -0.2) is 0 Å². The van der Waals surface area contributed by atoms with Gasteiger partial charge in [0.05, 0.1) is 6.61 Å². The second kappa shape index (κ2) is 41.9. The number of phenolic OH excluding ortho intramolecular Hbond substituents is 12. The molecule has 0 unspecified atom stereocenters. The summed E-state index contributed by atoms with van der Waals surface area (Å²) in [6, 6.07) is 124. The van der Waals surface area contributed by atoms with Crippen LogP contribution in [-0.2, 0) is 33.9 Å². The van der Waals surface area contributed by atoms with Crippen LogP contribution in [0.25, 0.3) is 0 Å². The highest BCUT2D eigenvalue weighted by molar-refractivity contribution is 5.56. The molecule has 0 saturated heterocycles. The summed E-state index contributed by atoms with van der Waals surface area (Å²) >= 11 is 0. The van der Waals surface area contributed by atoms with Crippen LogP contribution in [0, 0.1) is 0 Å². The first kappa shape index (κ1) is 91.3. The van der Waals surface area contributed by atoms with E-state index in [0.29, 0.717) is 11.5 Å². The van der Waals surface area contributed by atoms with E-state index in [1.165, 1.54) is 30.4 Å². The number of aliphatic hydroxyl groups is 2. The number of aliphatic hydroxyl groups excluding tert-OH is 1. The summed E-state index contributed by atoms with van der Waals surface area (Å²) in [5.41, 5.74) is 15.2. The predicted octanol–water partition coefficient (Wildman–Crippen LogP) is 24.2. The molecule has 14 N–H and O–H groups in total. The van der Waals surface area contributed by atoms with Crippen LogP contribution >= 0.6 is 0 Å². The van der Waals surface area contributed by atoms with Gasteiger partial charge in [0.2, 0.25) is 0 Å². The Balaban J connectivity index is 0.000000139. The van der Waals surface area contributed by atoms with Gasteiger partial charge in [-0.3, -0.25) is 0 Å². The molecule has 0 amide bonds. The molecule has 1 fully saturated rings. The normalized spacial score (nSPS) is 12.3. The average Bonchev–Trinajstić information content (AvgIpc) is 0.770. The Kier molecular flexibility index (Phi) is 30.1. The number of rotatable bonds is 18. The van der Waals surface area contributed by atoms with E-state index in [0.717, 1.165) is 103 Å². The fraction of sp³-hybridized carbons (Fsp3) is 0.150. The Hall–Kier alpha value is -15.0. The summed E-state index contributed by atoms with van der Waals surface area (Å²) in [6.07, 6.45) is 6.94. The van der Waals surface area contributed by atoms with Gasteiger partial charge in [-0.1, -0.05) is 294 Å². The van der Waals surface area contributed by atoms with Gasteiger partial charge >= 0.3 is 0 Å². The molecule has 1 saturated carbocycles. The van der Waals surface area contributed by atoms with Gasteiger partial charge in [-0.2, -0.15) is 0 Å². The molecule has 0 radical (unpaired) electrons. The molecule has 14 nitrogen and oxygen atoms in total. The van der Waals surface area contributed by atoms with Crippen molar-refractivity contribution in [3.8, 4) is 69.0 Å². The van der Waals surface area contributed by atoms with Crippen LogP contribution in [0.2, 0.25) is 0 Å². The van der Waals surface area contributed by atoms with Gasteiger partial charge in [-0.15, -0.1) is 0 Å². The minimum atomic E-state index is -1.24. The van der Waals surface area contributed by atoms with E-state index in [2.05, 4.69) is 39.8 Å². The van der Waals surface area contributed by atoms with Crippen molar-refractivity contribution in [1.82, 2.24) is 0 Å². The zero-order valence-corrected chi connectivity index (χ0v) is 71.5. The lowest BCUT2D eigenvalue weighted by Crippen LogP contribution is -2.30. The zero-order chi connectivity index (χ0) is 90.1. The van der Waals surface area contributed by atoms with Crippen LogP contribution in [0.1, 0.15) is 167 Å². The summed E-state index contributed by atoms with van der Waals surface area (Å²) in [7, 11) is 0. The molecule has 0 aliphatic heterocycles. The quantitative estimate of drug-likeness (QED) is 0.0356. The summed E-state index contributed by atoms with van der Waals surface area (Å²) in [5, 5.41) is 135. The SMILES string of the molecule is CC(c1ccc(O)cc1)(c1ccc(O)cc1)c1ccc(O)cc1.CC(c1ccccc1)(c1ccc(O)cc1)c1ccc(O)cc1.CCC(C)(c1ccc(O)cc1)c1ccc(O)cc1.OCc1ccccc1C(c1ccc(O)cc1)c1ccc(O)cc1.Oc1ccc(C(O)(c2ccccc2)c2ccccc2)cc1.Oc1ccc(C2(c3ccc(O)cc3)CCCCC2)cc1. The van der Waals surface area contributed by atoms with E-state index < -0.39 is 11.0 Å². The molecule has 127 heavy (non-hydrogen) atoms. The van der Waals surface area contributed by atoms with Crippen LogP contribution in [0.15, 0.2) is 406 Å². The van der Waals surface area contributed by atoms with E-state index in [1.54, 1.807) is 158 Å². The first-order chi connectivity index (χ1) is 61.3. The first-order valence-electron chi connectivity index (χ1n) is 42.4. The number of hydrogen-bond acceptors (Lipinski definition) is 14. The highest BCUT2D eigenvalue weighted by atomic mass is 16.3. The van der Waals surface area contributed by atoms with Crippen LogP contribution < -0.4 is 0 Å². The zero-order valence-electron chi connectivity index (χ0n) is 71.5. The van der Waals surface area contributed by atoms with E-state index in [9.17, 15) is 71.5 Å². The predicted molar refractivity (Wildman–Crippen MR) is 504 cm³/mol. The van der Waals surface area contributed by atoms with Crippen molar-refractivity contribution < 1.29 is 71.5 Å². The molecular weight excluding hydrogens is 1580 g/mol. The topological polar surface area (TPSA) is 283 Å². The molecule has 1 aliphatic rings. The molecule has 14 heteroatoms. The summed E-state index contributed by atoms with van der Waals surface area (Å²) in [5.74, 6) is 2.87. The molecular formula is C113H108O14. The summed E-state index contributed by atoms with van der Waals surface area (Å²) in [6.45, 7) is 8.51. The maximum atomic E-state index is 11.4. The largest absolute Gasteiger partial charge is 0.508 e. The molecule has 644 valence electrons. The fourth-order valence-corrected chi connectivity index (χ4v) is 16.8. The Morgan fingerprint density at radius 1 is 0.244 bits per heavy atom. The highest BCUT2D eigenvalue weighted by Gasteiger charge is 2.38. The standard InChI is InChI=1S/2C20H18O3.C20H18O2.C19H16O2.C18H20O2.C16H18O2/c1-20(14-2-8-17(21)9-3-14,15-4-10-18(22)11-5-15)16-6-12-19(23)13-7-16;21-13-16-3-1-2-4-19(16)20(14-5-9-17(22)10-6-14)15-7-11-18(23)12-8-15;1-20(15-5-3-2-4-6-15,16-7-11-18(21)12-8-16)17-9-13-19(22)14-10-17;20-18-13-11-17(12-14-18)19(21,15-7-3-1-4-8-15)16-9-5-2-6-10-16;19-16-8-4-14(5-9-16)18(12-2-1-3-13-18)15-6-10-17(20)11-7-15;1-3-16(2,12-4-8-14(17)9-5-12)13-6-10-15(18)11-7-13/h2-13,21-23H,1H3;1-12,20-23H,13H2;2-14,21-22H,1H3;1-14,20-21H;4-11,19-20H,1-3,12-13H2;4-11,17-18H,3H2,1-2H3. The molecule has 0 aromatic heterocycles. The molecule has 0 heterocycles. The van der Waals surface area contributed by atoms with Crippen LogP contribution in [0.5, 0.6) is 69.0 Å². The number of benzene rings is 16. The molecule has 17 rings (SSSR count). The lowest BCUT2D eigenvalue weighted by molar-refractivity contribution is 0.125. The van der Waals surface area contributed by atoms with Gasteiger partial charge in [0.25, 0.3) is 0 Å². The van der Waals surface area contributed by atoms with Gasteiger partial charge in [0.15, 0.2) is 0 Å². The molecule has 0 spiro atoms. The maximum Gasteiger partial charge on any atom is 0.140 e. The Morgan fingerprint density at radius 3 is 0.724 bits per heavy atom. The number of aromatic hydroxyl groups is 12. The molecule has 16 aromatic carbocycles. The van der Waals surface area contributed by atoms with Crippen molar-refractivity contribution in [3.63, 3.8) is 0 Å². The number of phenols is 12. The third kappa shape index (κ3) is 22.0. The van der Waals surface area contributed by atoms with Crippen molar-refractivity contribution in [2.75, 3.05) is 0 Å². The first-order valence-corrected chi connectivity index (χ1v) is 42.4. The van der Waals surface area contributed by atoms with Gasteiger partial charge in [0, 0.05) is 27.6 Å². The Labute approximate surface area is 743 Å². The van der Waals surface area contributed by atoms with E-state index in [4.69, 9.17) is 0 Å².